The number of nitrogens with one attached hydrogen (secondary N) is 3. The van der Waals surface area contributed by atoms with Gasteiger partial charge in [0.15, 0.2) is 5.96 Å². The molecule has 3 N–H and O–H groups in total. The molecule has 29 heavy (non-hydrogen) atoms. The zero-order chi connectivity index (χ0) is 21.5. The highest BCUT2D eigenvalue weighted by molar-refractivity contribution is 14.0. The van der Waals surface area contributed by atoms with Gasteiger partial charge in [-0.3, -0.25) is 9.79 Å². The van der Waals surface area contributed by atoms with Crippen molar-refractivity contribution in [2.45, 2.75) is 57.6 Å². The van der Waals surface area contributed by atoms with E-state index < -0.39 is 10.0 Å². The maximum atomic E-state index is 12.5. The van der Waals surface area contributed by atoms with E-state index in [0.29, 0.717) is 12.5 Å². The quantitative estimate of drug-likeness (QED) is 0.279. The number of carbonyl (C=O) groups excluding carboxylic acids is 1. The fraction of sp³-hybridized carbons (Fsp3) is 0.579. The zero-order valence-electron chi connectivity index (χ0n) is 18.2. The number of halogens is 1. The zero-order valence-corrected chi connectivity index (χ0v) is 21.4. The summed E-state index contributed by atoms with van der Waals surface area (Å²) in [6, 6.07) is 6.59. The van der Waals surface area contributed by atoms with Gasteiger partial charge in [-0.1, -0.05) is 12.1 Å². The molecule has 0 fully saturated rings. The molecule has 0 heterocycles. The van der Waals surface area contributed by atoms with Crippen LogP contribution in [0.1, 0.15) is 40.2 Å². The minimum Gasteiger partial charge on any atom is -0.352 e. The van der Waals surface area contributed by atoms with Crippen LogP contribution in [0.3, 0.4) is 0 Å². The Bertz CT molecular complexity index is 787. The first-order valence-corrected chi connectivity index (χ1v) is 10.6. The first-order chi connectivity index (χ1) is 12.9. The Morgan fingerprint density at radius 1 is 1.14 bits per heavy atom. The largest absolute Gasteiger partial charge is 0.352 e. The lowest BCUT2D eigenvalue weighted by molar-refractivity contribution is -0.121. The number of rotatable bonds is 7. The van der Waals surface area contributed by atoms with Crippen molar-refractivity contribution in [2.75, 3.05) is 20.6 Å². The van der Waals surface area contributed by atoms with Crippen molar-refractivity contribution < 1.29 is 13.2 Å². The molecule has 0 aliphatic heterocycles. The van der Waals surface area contributed by atoms with Crippen molar-refractivity contribution in [3.63, 3.8) is 0 Å². The molecule has 1 aromatic carbocycles. The van der Waals surface area contributed by atoms with Gasteiger partial charge < -0.3 is 16.0 Å². The highest BCUT2D eigenvalue weighted by Crippen LogP contribution is 2.17. The molecule has 0 radical (unpaired) electrons. The molecule has 10 heteroatoms. The molecule has 0 bridgehead atoms. The van der Waals surface area contributed by atoms with E-state index in [1.54, 1.807) is 38.4 Å². The minimum absolute atomic E-state index is 0. The lowest BCUT2D eigenvalue weighted by Crippen LogP contribution is -2.48. The summed E-state index contributed by atoms with van der Waals surface area (Å²) in [7, 11) is -0.302. The Balaban J connectivity index is 0.00000784. The highest BCUT2D eigenvalue weighted by Gasteiger charge is 2.22. The maximum absolute atomic E-state index is 12.5. The van der Waals surface area contributed by atoms with Crippen LogP contribution in [-0.2, 0) is 21.4 Å². The molecule has 0 spiro atoms. The van der Waals surface area contributed by atoms with Gasteiger partial charge in [0.05, 0.1) is 11.4 Å². The van der Waals surface area contributed by atoms with Gasteiger partial charge in [0.2, 0.25) is 15.9 Å². The normalized spacial score (nSPS) is 12.5. The Hall–Kier alpha value is -1.40. The number of benzene rings is 1. The standard InChI is InChI=1S/C19H33N5O3S.HI/c1-14(2)24(7)28(26,27)16-10-8-15(9-11-16)12-21-18(20-6)22-13-17(25)23-19(3,4)5;/h8-11,14H,12-13H2,1-7H3,(H,23,25)(H2,20,21,22);1H. The van der Waals surface area contributed by atoms with E-state index in [9.17, 15) is 13.2 Å². The second-order valence-corrected chi connectivity index (χ2v) is 9.83. The average Bonchev–Trinajstić information content (AvgIpc) is 2.60. The summed E-state index contributed by atoms with van der Waals surface area (Å²) in [4.78, 5) is 16.2. The van der Waals surface area contributed by atoms with Crippen molar-refractivity contribution >= 4 is 45.9 Å². The third kappa shape index (κ3) is 9.30. The van der Waals surface area contributed by atoms with Crippen LogP contribution in [0, 0.1) is 0 Å². The third-order valence-electron chi connectivity index (χ3n) is 3.94. The summed E-state index contributed by atoms with van der Waals surface area (Å²) in [6.45, 7) is 9.96. The molecular formula is C19H34IN5O3S. The monoisotopic (exact) mass is 539 g/mol. The number of sulfonamides is 1. The summed E-state index contributed by atoms with van der Waals surface area (Å²) in [5.41, 5.74) is 0.606. The van der Waals surface area contributed by atoms with Crippen LogP contribution in [0.5, 0.6) is 0 Å². The van der Waals surface area contributed by atoms with Crippen molar-refractivity contribution in [2.24, 2.45) is 4.99 Å². The first-order valence-electron chi connectivity index (χ1n) is 9.19. The Labute approximate surface area is 192 Å². The van der Waals surface area contributed by atoms with E-state index in [0.717, 1.165) is 5.56 Å². The van der Waals surface area contributed by atoms with Crippen LogP contribution < -0.4 is 16.0 Å². The van der Waals surface area contributed by atoms with Gasteiger partial charge in [-0.25, -0.2) is 8.42 Å². The molecule has 0 aliphatic carbocycles. The summed E-state index contributed by atoms with van der Waals surface area (Å²) in [5, 5.41) is 8.92. The predicted molar refractivity (Wildman–Crippen MR) is 128 cm³/mol. The molecule has 166 valence electrons. The molecule has 0 saturated carbocycles. The fourth-order valence-corrected chi connectivity index (χ4v) is 3.62. The van der Waals surface area contributed by atoms with Gasteiger partial charge in [0.1, 0.15) is 0 Å². The van der Waals surface area contributed by atoms with Gasteiger partial charge >= 0.3 is 0 Å². The molecule has 0 aromatic heterocycles. The summed E-state index contributed by atoms with van der Waals surface area (Å²) in [6.07, 6.45) is 0. The van der Waals surface area contributed by atoms with E-state index in [2.05, 4.69) is 20.9 Å². The topological polar surface area (TPSA) is 103 Å². The summed E-state index contributed by atoms with van der Waals surface area (Å²) < 4.78 is 26.3. The second-order valence-electron chi connectivity index (χ2n) is 7.84. The molecule has 0 atom stereocenters. The van der Waals surface area contributed by atoms with E-state index in [-0.39, 0.29) is 52.9 Å². The van der Waals surface area contributed by atoms with Gasteiger partial charge in [-0.15, -0.1) is 24.0 Å². The Morgan fingerprint density at radius 3 is 2.14 bits per heavy atom. The Morgan fingerprint density at radius 2 is 1.69 bits per heavy atom. The third-order valence-corrected chi connectivity index (χ3v) is 5.99. The van der Waals surface area contributed by atoms with Gasteiger partial charge in [0.25, 0.3) is 0 Å². The number of guanidine groups is 1. The van der Waals surface area contributed by atoms with Crippen molar-refractivity contribution in [1.29, 1.82) is 0 Å². The predicted octanol–water partition coefficient (Wildman–Crippen LogP) is 1.91. The van der Waals surface area contributed by atoms with Gasteiger partial charge in [-0.2, -0.15) is 4.31 Å². The second kappa shape index (κ2) is 11.7. The van der Waals surface area contributed by atoms with Crippen molar-refractivity contribution in [1.82, 2.24) is 20.3 Å². The molecule has 1 aromatic rings. The van der Waals surface area contributed by atoms with Crippen LogP contribution in [0.2, 0.25) is 0 Å². The molecule has 0 saturated heterocycles. The lowest BCUT2D eigenvalue weighted by Gasteiger charge is -2.21. The van der Waals surface area contributed by atoms with E-state index in [1.165, 1.54) is 4.31 Å². The molecule has 0 aliphatic rings. The van der Waals surface area contributed by atoms with Crippen LogP contribution in [0.4, 0.5) is 0 Å². The number of aliphatic imine (C=N–C) groups is 1. The maximum Gasteiger partial charge on any atom is 0.243 e. The van der Waals surface area contributed by atoms with Crippen LogP contribution in [0.25, 0.3) is 0 Å². The van der Waals surface area contributed by atoms with Gasteiger partial charge in [0, 0.05) is 32.2 Å². The van der Waals surface area contributed by atoms with Gasteiger partial charge in [-0.05, 0) is 52.3 Å². The molecule has 1 rings (SSSR count). The number of hydrogen-bond acceptors (Lipinski definition) is 4. The SMILES string of the molecule is CN=C(NCC(=O)NC(C)(C)C)NCc1ccc(S(=O)(=O)N(C)C(C)C)cc1.I. The van der Waals surface area contributed by atoms with E-state index in [4.69, 9.17) is 0 Å². The average molecular weight is 539 g/mol. The highest BCUT2D eigenvalue weighted by atomic mass is 127. The Kier molecular flexibility index (Phi) is 11.1. The van der Waals surface area contributed by atoms with Crippen molar-refractivity contribution in [3.8, 4) is 0 Å². The number of amides is 1. The number of hydrogen-bond donors (Lipinski definition) is 3. The molecule has 1 amide bonds. The molecule has 0 unspecified atom stereocenters. The molecule has 8 nitrogen and oxygen atoms in total. The van der Waals surface area contributed by atoms with E-state index in [1.807, 2.05) is 34.6 Å². The summed E-state index contributed by atoms with van der Waals surface area (Å²) in [5.74, 6) is 0.361. The minimum atomic E-state index is -3.49. The first kappa shape index (κ1) is 27.6. The number of carbonyl (C=O) groups is 1. The van der Waals surface area contributed by atoms with E-state index >= 15 is 0 Å². The van der Waals surface area contributed by atoms with Crippen LogP contribution in [0.15, 0.2) is 34.2 Å². The number of nitrogens with zero attached hydrogens (tertiary/aromatic N) is 2. The summed E-state index contributed by atoms with van der Waals surface area (Å²) >= 11 is 0. The fourth-order valence-electron chi connectivity index (χ4n) is 2.26. The lowest BCUT2D eigenvalue weighted by atomic mass is 10.1. The van der Waals surface area contributed by atoms with Crippen LogP contribution >= 0.6 is 24.0 Å². The molecular weight excluding hydrogens is 505 g/mol. The van der Waals surface area contributed by atoms with Crippen LogP contribution in [-0.4, -0.2) is 56.8 Å². The smallest absolute Gasteiger partial charge is 0.243 e. The van der Waals surface area contributed by atoms with Crippen molar-refractivity contribution in [3.05, 3.63) is 29.8 Å².